The van der Waals surface area contributed by atoms with Crippen molar-refractivity contribution in [1.29, 1.82) is 0 Å². The number of hydrogen-bond acceptors (Lipinski definition) is 5. The SMILES string of the molecule is CNC(=O)C1COCCN1c1c(N)cccc1C(N)=O. The number of nitrogens with two attached hydrogens (primary N) is 2. The number of nitrogen functional groups attached to an aromatic ring is 1. The summed E-state index contributed by atoms with van der Waals surface area (Å²) >= 11 is 0. The zero-order valence-electron chi connectivity index (χ0n) is 11.3. The lowest BCUT2D eigenvalue weighted by Crippen LogP contribution is -2.54. The summed E-state index contributed by atoms with van der Waals surface area (Å²) in [5, 5.41) is 2.58. The average Bonchev–Trinajstić information content (AvgIpc) is 2.46. The molecule has 1 heterocycles. The van der Waals surface area contributed by atoms with Crippen molar-refractivity contribution in [1.82, 2.24) is 5.32 Å². The van der Waals surface area contributed by atoms with Crippen LogP contribution in [0, 0.1) is 0 Å². The third kappa shape index (κ3) is 2.53. The molecule has 0 saturated carbocycles. The van der Waals surface area contributed by atoms with Crippen LogP contribution < -0.4 is 21.7 Å². The van der Waals surface area contributed by atoms with E-state index < -0.39 is 11.9 Å². The van der Waals surface area contributed by atoms with E-state index in [4.69, 9.17) is 16.2 Å². The van der Waals surface area contributed by atoms with Crippen LogP contribution in [-0.2, 0) is 9.53 Å². The van der Waals surface area contributed by atoms with Crippen LogP contribution >= 0.6 is 0 Å². The van der Waals surface area contributed by atoms with Crippen LogP contribution in [0.4, 0.5) is 11.4 Å². The lowest BCUT2D eigenvalue weighted by molar-refractivity contribution is -0.124. The Labute approximate surface area is 116 Å². The molecule has 1 unspecified atom stereocenters. The van der Waals surface area contributed by atoms with E-state index in [0.29, 0.717) is 30.1 Å². The van der Waals surface area contributed by atoms with E-state index in [2.05, 4.69) is 5.32 Å². The fourth-order valence-electron chi connectivity index (χ4n) is 2.34. The number of morpholine rings is 1. The van der Waals surface area contributed by atoms with Crippen molar-refractivity contribution in [3.8, 4) is 0 Å². The standard InChI is InChI=1S/C13H18N4O3/c1-16-13(19)10-7-20-6-5-17(10)11-8(12(15)18)3-2-4-9(11)14/h2-4,10H,5-7,14H2,1H3,(H2,15,18)(H,16,19). The van der Waals surface area contributed by atoms with Gasteiger partial charge in [-0.25, -0.2) is 0 Å². The van der Waals surface area contributed by atoms with E-state index in [1.54, 1.807) is 30.1 Å². The monoisotopic (exact) mass is 278 g/mol. The molecule has 0 spiro atoms. The summed E-state index contributed by atoms with van der Waals surface area (Å²) in [6.07, 6.45) is 0. The molecule has 7 nitrogen and oxygen atoms in total. The molecule has 1 atom stereocenters. The molecule has 2 amide bonds. The molecular weight excluding hydrogens is 260 g/mol. The predicted molar refractivity (Wildman–Crippen MR) is 75.4 cm³/mol. The van der Waals surface area contributed by atoms with Crippen LogP contribution in [0.1, 0.15) is 10.4 Å². The Balaban J connectivity index is 2.47. The molecule has 0 radical (unpaired) electrons. The fraction of sp³-hybridized carbons (Fsp3) is 0.385. The van der Waals surface area contributed by atoms with Crippen molar-refractivity contribution in [3.05, 3.63) is 23.8 Å². The molecule has 108 valence electrons. The predicted octanol–water partition coefficient (Wildman–Crippen LogP) is -0.681. The first-order chi connectivity index (χ1) is 9.56. The Bertz CT molecular complexity index is 532. The number of amides is 2. The second-order valence-corrected chi connectivity index (χ2v) is 4.51. The van der Waals surface area contributed by atoms with Gasteiger partial charge in [0.05, 0.1) is 30.2 Å². The number of carbonyl (C=O) groups is 2. The number of para-hydroxylation sites is 1. The third-order valence-electron chi connectivity index (χ3n) is 3.30. The summed E-state index contributed by atoms with van der Waals surface area (Å²) in [6.45, 7) is 1.17. The highest BCUT2D eigenvalue weighted by Gasteiger charge is 2.32. The van der Waals surface area contributed by atoms with Crippen LogP contribution in [-0.4, -0.2) is 44.7 Å². The van der Waals surface area contributed by atoms with Crippen molar-refractivity contribution in [2.45, 2.75) is 6.04 Å². The Morgan fingerprint density at radius 2 is 2.20 bits per heavy atom. The number of rotatable bonds is 3. The molecular formula is C13H18N4O3. The highest BCUT2D eigenvalue weighted by Crippen LogP contribution is 2.30. The third-order valence-corrected chi connectivity index (χ3v) is 3.30. The largest absolute Gasteiger partial charge is 0.397 e. The number of hydrogen-bond donors (Lipinski definition) is 3. The molecule has 1 fully saturated rings. The Hall–Kier alpha value is -2.28. The number of carbonyl (C=O) groups excluding carboxylic acids is 2. The summed E-state index contributed by atoms with van der Waals surface area (Å²) < 4.78 is 5.34. The number of benzene rings is 1. The van der Waals surface area contributed by atoms with E-state index in [1.165, 1.54) is 0 Å². The summed E-state index contributed by atoms with van der Waals surface area (Å²) in [5.74, 6) is -0.766. The molecule has 2 rings (SSSR count). The number of ether oxygens (including phenoxy) is 1. The van der Waals surface area contributed by atoms with Crippen LogP contribution in [0.3, 0.4) is 0 Å². The second kappa shape index (κ2) is 5.79. The smallest absolute Gasteiger partial charge is 0.250 e. The Kier molecular flexibility index (Phi) is 4.09. The van der Waals surface area contributed by atoms with Gasteiger partial charge in [0.15, 0.2) is 0 Å². The minimum Gasteiger partial charge on any atom is -0.397 e. The summed E-state index contributed by atoms with van der Waals surface area (Å²) in [6, 6.07) is 4.41. The van der Waals surface area contributed by atoms with Gasteiger partial charge in [-0.2, -0.15) is 0 Å². The summed E-state index contributed by atoms with van der Waals surface area (Å²) in [5.41, 5.74) is 12.6. The normalized spacial score (nSPS) is 18.6. The first-order valence-electron chi connectivity index (χ1n) is 6.30. The van der Waals surface area contributed by atoms with Crippen LogP contribution in [0.2, 0.25) is 0 Å². The number of likely N-dealkylation sites (N-methyl/N-ethyl adjacent to an activating group) is 1. The van der Waals surface area contributed by atoms with Gasteiger partial charge in [0, 0.05) is 13.6 Å². The van der Waals surface area contributed by atoms with E-state index in [9.17, 15) is 9.59 Å². The van der Waals surface area contributed by atoms with E-state index in [0.717, 1.165) is 0 Å². The minimum absolute atomic E-state index is 0.191. The van der Waals surface area contributed by atoms with Gasteiger partial charge in [0.1, 0.15) is 6.04 Å². The molecule has 1 aromatic carbocycles. The van der Waals surface area contributed by atoms with Gasteiger partial charge in [-0.3, -0.25) is 9.59 Å². The molecule has 1 saturated heterocycles. The summed E-state index contributed by atoms with van der Waals surface area (Å²) in [4.78, 5) is 25.3. The molecule has 1 aliphatic rings. The lowest BCUT2D eigenvalue weighted by atomic mass is 10.1. The van der Waals surface area contributed by atoms with Crippen LogP contribution in [0.15, 0.2) is 18.2 Å². The minimum atomic E-state index is -0.575. The number of nitrogens with one attached hydrogen (secondary N) is 1. The van der Waals surface area contributed by atoms with Crippen LogP contribution in [0.5, 0.6) is 0 Å². The first kappa shape index (κ1) is 14.1. The zero-order chi connectivity index (χ0) is 14.7. The lowest BCUT2D eigenvalue weighted by Gasteiger charge is -2.37. The van der Waals surface area contributed by atoms with Crippen molar-refractivity contribution >= 4 is 23.2 Å². The number of primary amides is 1. The maximum absolute atomic E-state index is 12.0. The van der Waals surface area contributed by atoms with E-state index in [-0.39, 0.29) is 12.5 Å². The van der Waals surface area contributed by atoms with Gasteiger partial charge in [-0.15, -0.1) is 0 Å². The number of nitrogens with zero attached hydrogens (tertiary/aromatic N) is 1. The average molecular weight is 278 g/mol. The highest BCUT2D eigenvalue weighted by molar-refractivity contribution is 6.02. The van der Waals surface area contributed by atoms with Gasteiger partial charge in [0.25, 0.3) is 5.91 Å². The van der Waals surface area contributed by atoms with Gasteiger partial charge >= 0.3 is 0 Å². The maximum atomic E-state index is 12.0. The quantitative estimate of drug-likeness (QED) is 0.634. The van der Waals surface area contributed by atoms with E-state index >= 15 is 0 Å². The van der Waals surface area contributed by atoms with Crippen molar-refractivity contribution in [2.75, 3.05) is 37.4 Å². The summed E-state index contributed by atoms with van der Waals surface area (Å²) in [7, 11) is 1.55. The van der Waals surface area contributed by atoms with Gasteiger partial charge in [-0.05, 0) is 12.1 Å². The second-order valence-electron chi connectivity index (χ2n) is 4.51. The molecule has 20 heavy (non-hydrogen) atoms. The van der Waals surface area contributed by atoms with Crippen LogP contribution in [0.25, 0.3) is 0 Å². The fourth-order valence-corrected chi connectivity index (χ4v) is 2.34. The van der Waals surface area contributed by atoms with Gasteiger partial charge in [0.2, 0.25) is 5.91 Å². The molecule has 0 bridgehead atoms. The zero-order valence-corrected chi connectivity index (χ0v) is 11.3. The maximum Gasteiger partial charge on any atom is 0.250 e. The molecule has 0 aromatic heterocycles. The molecule has 1 aliphatic heterocycles. The van der Waals surface area contributed by atoms with Gasteiger partial charge < -0.3 is 26.4 Å². The Morgan fingerprint density at radius 3 is 2.85 bits per heavy atom. The topological polar surface area (TPSA) is 111 Å². The molecule has 0 aliphatic carbocycles. The van der Waals surface area contributed by atoms with E-state index in [1.807, 2.05) is 0 Å². The van der Waals surface area contributed by atoms with Crippen molar-refractivity contribution in [3.63, 3.8) is 0 Å². The Morgan fingerprint density at radius 1 is 1.45 bits per heavy atom. The molecule has 1 aromatic rings. The molecule has 7 heteroatoms. The van der Waals surface area contributed by atoms with Gasteiger partial charge in [-0.1, -0.05) is 6.07 Å². The van der Waals surface area contributed by atoms with Crippen molar-refractivity contribution < 1.29 is 14.3 Å². The molecule has 5 N–H and O–H groups in total. The first-order valence-corrected chi connectivity index (χ1v) is 6.30. The van der Waals surface area contributed by atoms with Crippen molar-refractivity contribution in [2.24, 2.45) is 5.73 Å². The number of anilines is 2. The highest BCUT2D eigenvalue weighted by atomic mass is 16.5.